The third-order valence-electron chi connectivity index (χ3n) is 4.86. The summed E-state index contributed by atoms with van der Waals surface area (Å²) >= 11 is 1.38. The van der Waals surface area contributed by atoms with E-state index in [0.29, 0.717) is 25.1 Å². The van der Waals surface area contributed by atoms with Crippen molar-refractivity contribution in [2.24, 2.45) is 17.2 Å². The lowest BCUT2D eigenvalue weighted by atomic mass is 10.1. The van der Waals surface area contributed by atoms with Gasteiger partial charge in [0.1, 0.15) is 18.1 Å². The first-order valence-corrected chi connectivity index (χ1v) is 12.4. The predicted octanol–water partition coefficient (Wildman–Crippen LogP) is -2.52. The number of thioether (sulfide) groups is 1. The molecule has 11 N–H and O–H groups in total. The van der Waals surface area contributed by atoms with Gasteiger partial charge in [0, 0.05) is 6.42 Å². The van der Waals surface area contributed by atoms with Crippen molar-refractivity contribution in [2.75, 3.05) is 18.6 Å². The summed E-state index contributed by atoms with van der Waals surface area (Å²) < 4.78 is 0. The first-order chi connectivity index (χ1) is 16.4. The van der Waals surface area contributed by atoms with Gasteiger partial charge in [0.25, 0.3) is 0 Å². The molecule has 0 heterocycles. The van der Waals surface area contributed by atoms with Crippen LogP contribution in [0.25, 0.3) is 0 Å². The van der Waals surface area contributed by atoms with Gasteiger partial charge in [0.05, 0.1) is 12.5 Å². The number of nitrogens with two attached hydrogens (primary N) is 3. The molecule has 4 atom stereocenters. The SMILES string of the molecule is CSCCC(NC(=O)C(CCCCN)NC(=O)C(N)CCC(N)=O)C(=O)NC(CC(=O)O)C(=O)O. The molecular formula is C20H36N6O8S. The number of aliphatic carboxylic acids is 2. The van der Waals surface area contributed by atoms with E-state index in [1.165, 1.54) is 11.8 Å². The van der Waals surface area contributed by atoms with Gasteiger partial charge in [-0.15, -0.1) is 0 Å². The zero-order valence-electron chi connectivity index (χ0n) is 19.7. The van der Waals surface area contributed by atoms with Crippen molar-refractivity contribution < 1.29 is 39.0 Å². The van der Waals surface area contributed by atoms with Crippen LogP contribution in [0.3, 0.4) is 0 Å². The normalized spacial score (nSPS) is 14.1. The van der Waals surface area contributed by atoms with Crippen LogP contribution in [0.2, 0.25) is 0 Å². The number of amides is 4. The molecule has 35 heavy (non-hydrogen) atoms. The third kappa shape index (κ3) is 14.2. The lowest BCUT2D eigenvalue weighted by Crippen LogP contribution is -2.57. The van der Waals surface area contributed by atoms with Gasteiger partial charge in [-0.25, -0.2) is 4.79 Å². The molecular weight excluding hydrogens is 484 g/mol. The Kier molecular flexibility index (Phi) is 16.1. The maximum Gasteiger partial charge on any atom is 0.326 e. The second kappa shape index (κ2) is 17.5. The molecule has 0 aliphatic rings. The fraction of sp³-hybridized carbons (Fsp3) is 0.700. The second-order valence-electron chi connectivity index (χ2n) is 7.80. The number of carbonyl (C=O) groups is 6. The van der Waals surface area contributed by atoms with E-state index < -0.39 is 66.2 Å². The topological polar surface area (TPSA) is 257 Å². The Hall–Kier alpha value is -2.91. The van der Waals surface area contributed by atoms with Crippen LogP contribution in [-0.2, 0) is 28.8 Å². The summed E-state index contributed by atoms with van der Waals surface area (Å²) in [7, 11) is 0. The lowest BCUT2D eigenvalue weighted by molar-refractivity contribution is -0.147. The van der Waals surface area contributed by atoms with Crippen LogP contribution < -0.4 is 33.2 Å². The van der Waals surface area contributed by atoms with E-state index in [0.717, 1.165) is 0 Å². The third-order valence-corrected chi connectivity index (χ3v) is 5.50. The number of carbonyl (C=O) groups excluding carboxylic acids is 4. The first kappa shape index (κ1) is 32.1. The average molecular weight is 521 g/mol. The zero-order chi connectivity index (χ0) is 27.0. The quantitative estimate of drug-likeness (QED) is 0.0824. The maximum absolute atomic E-state index is 13.0. The number of carboxylic acids is 2. The van der Waals surface area contributed by atoms with Gasteiger partial charge in [-0.3, -0.25) is 24.0 Å². The molecule has 0 aromatic carbocycles. The Balaban J connectivity index is 5.47. The van der Waals surface area contributed by atoms with Crippen LogP contribution in [0, 0.1) is 0 Å². The molecule has 0 aliphatic heterocycles. The number of hydrogen-bond donors (Lipinski definition) is 8. The second-order valence-corrected chi connectivity index (χ2v) is 8.78. The van der Waals surface area contributed by atoms with Crippen LogP contribution in [0.5, 0.6) is 0 Å². The summed E-state index contributed by atoms with van der Waals surface area (Å²) in [4.78, 5) is 71.2. The molecule has 0 aromatic heterocycles. The van der Waals surface area contributed by atoms with Crippen molar-refractivity contribution in [3.8, 4) is 0 Å². The van der Waals surface area contributed by atoms with E-state index in [-0.39, 0.29) is 25.7 Å². The van der Waals surface area contributed by atoms with Crippen molar-refractivity contribution in [2.45, 2.75) is 69.1 Å². The van der Waals surface area contributed by atoms with Crippen LogP contribution >= 0.6 is 11.8 Å². The van der Waals surface area contributed by atoms with E-state index in [4.69, 9.17) is 22.3 Å². The summed E-state index contributed by atoms with van der Waals surface area (Å²) in [6.07, 6.45) is 2.15. The monoisotopic (exact) mass is 520 g/mol. The smallest absolute Gasteiger partial charge is 0.326 e. The van der Waals surface area contributed by atoms with Crippen LogP contribution in [-0.4, -0.2) is 88.5 Å². The molecule has 0 rings (SSSR count). The molecule has 0 aromatic rings. The fourth-order valence-electron chi connectivity index (χ4n) is 2.89. The lowest BCUT2D eigenvalue weighted by Gasteiger charge is -2.25. The van der Waals surface area contributed by atoms with Crippen molar-refractivity contribution in [3.63, 3.8) is 0 Å². The van der Waals surface area contributed by atoms with Crippen LogP contribution in [0.1, 0.15) is 44.9 Å². The standard InChI is InChI=1S/C20H36N6O8S/c1-35-9-7-13(19(32)26-14(20(33)34)10-16(28)29)25-18(31)12(4-2-3-8-21)24-17(30)11(22)5-6-15(23)27/h11-14H,2-10,21-22H2,1H3,(H2,23,27)(H,24,30)(H,25,31)(H,26,32)(H,28,29)(H,33,34). The number of primary amides is 1. The van der Waals surface area contributed by atoms with E-state index >= 15 is 0 Å². The summed E-state index contributed by atoms with van der Waals surface area (Å²) in [6.45, 7) is 0.360. The number of hydrogen-bond acceptors (Lipinski definition) is 9. The zero-order valence-corrected chi connectivity index (χ0v) is 20.5. The Morgan fingerprint density at radius 1 is 0.829 bits per heavy atom. The van der Waals surface area contributed by atoms with Crippen LogP contribution in [0.4, 0.5) is 0 Å². The molecule has 0 fully saturated rings. The minimum atomic E-state index is -1.68. The van der Waals surface area contributed by atoms with Crippen molar-refractivity contribution in [1.29, 1.82) is 0 Å². The highest BCUT2D eigenvalue weighted by Gasteiger charge is 2.30. The first-order valence-electron chi connectivity index (χ1n) is 11.0. The molecule has 0 aliphatic carbocycles. The fourth-order valence-corrected chi connectivity index (χ4v) is 3.36. The summed E-state index contributed by atoms with van der Waals surface area (Å²) in [5, 5.41) is 25.2. The molecule has 4 unspecified atom stereocenters. The Bertz CT molecular complexity index is 753. The molecule has 0 spiro atoms. The number of nitrogens with one attached hydrogen (secondary N) is 3. The molecule has 0 saturated heterocycles. The Morgan fingerprint density at radius 3 is 1.86 bits per heavy atom. The van der Waals surface area contributed by atoms with Gasteiger partial charge in [-0.1, -0.05) is 0 Å². The minimum Gasteiger partial charge on any atom is -0.481 e. The Morgan fingerprint density at radius 2 is 1.37 bits per heavy atom. The van der Waals surface area contributed by atoms with E-state index in [9.17, 15) is 33.9 Å². The molecule has 15 heteroatoms. The number of rotatable bonds is 19. The molecule has 14 nitrogen and oxygen atoms in total. The van der Waals surface area contributed by atoms with E-state index in [1.54, 1.807) is 6.26 Å². The molecule has 0 bridgehead atoms. The summed E-state index contributed by atoms with van der Waals surface area (Å²) in [6, 6.07) is -5.03. The van der Waals surface area contributed by atoms with E-state index in [1.807, 2.05) is 0 Å². The summed E-state index contributed by atoms with van der Waals surface area (Å²) in [5.74, 6) is -5.41. The number of unbranched alkanes of at least 4 members (excludes halogenated alkanes) is 1. The van der Waals surface area contributed by atoms with Crippen molar-refractivity contribution >= 4 is 47.3 Å². The van der Waals surface area contributed by atoms with Crippen molar-refractivity contribution in [1.82, 2.24) is 16.0 Å². The van der Waals surface area contributed by atoms with Gasteiger partial charge in [0.2, 0.25) is 23.6 Å². The van der Waals surface area contributed by atoms with Gasteiger partial charge >= 0.3 is 11.9 Å². The van der Waals surface area contributed by atoms with Gasteiger partial charge in [0.15, 0.2) is 0 Å². The predicted molar refractivity (Wildman–Crippen MR) is 128 cm³/mol. The summed E-state index contributed by atoms with van der Waals surface area (Å²) in [5.41, 5.74) is 16.3. The molecule has 0 saturated carbocycles. The highest BCUT2D eigenvalue weighted by Crippen LogP contribution is 2.07. The van der Waals surface area contributed by atoms with Gasteiger partial charge in [-0.05, 0) is 50.7 Å². The Labute approximate surface area is 207 Å². The van der Waals surface area contributed by atoms with Gasteiger partial charge < -0.3 is 43.4 Å². The van der Waals surface area contributed by atoms with E-state index in [2.05, 4.69) is 16.0 Å². The minimum absolute atomic E-state index is 0.0167. The van der Waals surface area contributed by atoms with Crippen molar-refractivity contribution in [3.05, 3.63) is 0 Å². The van der Waals surface area contributed by atoms with Crippen LogP contribution in [0.15, 0.2) is 0 Å². The highest BCUT2D eigenvalue weighted by molar-refractivity contribution is 7.98. The highest BCUT2D eigenvalue weighted by atomic mass is 32.2. The maximum atomic E-state index is 13.0. The average Bonchev–Trinajstić information content (AvgIpc) is 2.78. The molecule has 200 valence electrons. The largest absolute Gasteiger partial charge is 0.481 e. The van der Waals surface area contributed by atoms with Gasteiger partial charge in [-0.2, -0.15) is 11.8 Å². The number of carboxylic acid groups (broad SMARTS) is 2. The molecule has 4 amide bonds. The molecule has 0 radical (unpaired) electrons.